The van der Waals surface area contributed by atoms with Crippen LogP contribution in [-0.4, -0.2) is 37.7 Å². The molecule has 0 saturated heterocycles. The molecular weight excluding hydrogens is 745 g/mol. The predicted molar refractivity (Wildman–Crippen MR) is 201 cm³/mol. The molecule has 1 atom stereocenters. The van der Waals surface area contributed by atoms with E-state index < -0.39 is 22.4 Å². The number of thiazole rings is 1. The SMILES string of the molecule is COc1cccc([C@H]2C(C(=O)Nc3ccccc3)=C(C)N=c3s/c(=C/c4ccc(Sc5n[nH]c(-c6ccc(Cl)cc6Cl)n5)c([N+](=O)[O-])c4)c(=O)n32)c1. The summed E-state index contributed by atoms with van der Waals surface area (Å²) in [6.45, 7) is 1.73. The van der Waals surface area contributed by atoms with E-state index in [9.17, 15) is 19.7 Å². The minimum absolute atomic E-state index is 0.202. The molecule has 2 aromatic heterocycles. The lowest BCUT2D eigenvalue weighted by atomic mass is 9.95. The third-order valence-electron chi connectivity index (χ3n) is 8.04. The lowest BCUT2D eigenvalue weighted by Crippen LogP contribution is -2.40. The van der Waals surface area contributed by atoms with E-state index >= 15 is 0 Å². The Morgan fingerprint density at radius 1 is 1.08 bits per heavy atom. The number of fused-ring (bicyclic) bond motifs is 1. The molecule has 0 radical (unpaired) electrons. The Hall–Kier alpha value is -5.54. The average molecular weight is 771 g/mol. The number of nitro benzene ring substituents is 1. The number of aromatic nitrogens is 4. The Morgan fingerprint density at radius 3 is 2.63 bits per heavy atom. The summed E-state index contributed by atoms with van der Waals surface area (Å²) in [7, 11) is 1.54. The maximum absolute atomic E-state index is 14.2. The topological polar surface area (TPSA) is 157 Å². The molecule has 0 fully saturated rings. The quantitative estimate of drug-likeness (QED) is 0.117. The number of nitrogens with zero attached hydrogens (tertiary/aromatic N) is 5. The van der Waals surface area contributed by atoms with E-state index in [4.69, 9.17) is 27.9 Å². The van der Waals surface area contributed by atoms with E-state index in [0.717, 1.165) is 23.1 Å². The first kappa shape index (κ1) is 34.9. The van der Waals surface area contributed by atoms with Gasteiger partial charge in [0.25, 0.3) is 17.2 Å². The molecule has 0 spiro atoms. The molecule has 0 bridgehead atoms. The van der Waals surface area contributed by atoms with Crippen LogP contribution in [-0.2, 0) is 4.79 Å². The number of nitro groups is 1. The Morgan fingerprint density at radius 2 is 1.88 bits per heavy atom. The van der Waals surface area contributed by atoms with Gasteiger partial charge < -0.3 is 10.1 Å². The summed E-state index contributed by atoms with van der Waals surface area (Å²) in [6, 6.07) is 24.9. The third-order valence-corrected chi connectivity index (χ3v) is 10.5. The molecule has 7 rings (SSSR count). The number of benzene rings is 4. The normalized spacial score (nSPS) is 14.2. The zero-order chi connectivity index (χ0) is 36.5. The second kappa shape index (κ2) is 14.6. The van der Waals surface area contributed by atoms with Crippen LogP contribution >= 0.6 is 46.3 Å². The largest absolute Gasteiger partial charge is 0.497 e. The van der Waals surface area contributed by atoms with Crippen LogP contribution in [0.3, 0.4) is 0 Å². The van der Waals surface area contributed by atoms with Crippen LogP contribution in [0.2, 0.25) is 10.0 Å². The molecule has 0 aliphatic carbocycles. The zero-order valence-electron chi connectivity index (χ0n) is 27.2. The lowest BCUT2D eigenvalue weighted by molar-refractivity contribution is -0.387. The van der Waals surface area contributed by atoms with Gasteiger partial charge in [0.05, 0.1) is 43.8 Å². The number of carbonyl (C=O) groups excluding carboxylic acids is 1. The molecule has 1 aliphatic heterocycles. The molecule has 12 nitrogen and oxygen atoms in total. The number of anilines is 1. The van der Waals surface area contributed by atoms with E-state index in [-0.39, 0.29) is 15.4 Å². The summed E-state index contributed by atoms with van der Waals surface area (Å²) in [4.78, 5) is 49.5. The van der Waals surface area contributed by atoms with Crippen molar-refractivity contribution in [3.63, 3.8) is 0 Å². The number of aromatic amines is 1. The van der Waals surface area contributed by atoms with Crippen molar-refractivity contribution in [3.8, 4) is 17.1 Å². The fraction of sp³-hybridized carbons (Fsp3) is 0.0833. The molecule has 4 aromatic carbocycles. The fourth-order valence-corrected chi connectivity index (χ4v) is 8.00. The van der Waals surface area contributed by atoms with E-state index in [1.54, 1.807) is 73.7 Å². The van der Waals surface area contributed by atoms with E-state index in [1.165, 1.54) is 17.7 Å². The van der Waals surface area contributed by atoms with Crippen molar-refractivity contribution in [2.45, 2.75) is 23.0 Å². The second-order valence-electron chi connectivity index (χ2n) is 11.4. The maximum atomic E-state index is 14.2. The van der Waals surface area contributed by atoms with Crippen molar-refractivity contribution in [2.24, 2.45) is 4.99 Å². The number of H-pyrrole nitrogens is 1. The summed E-state index contributed by atoms with van der Waals surface area (Å²) in [5, 5.41) is 23.2. The third kappa shape index (κ3) is 7.01. The molecule has 1 aliphatic rings. The number of carbonyl (C=O) groups is 1. The fourth-order valence-electron chi connectivity index (χ4n) is 5.66. The smallest absolute Gasteiger partial charge is 0.283 e. The standard InChI is InChI=1S/C36H25Cl2N7O5S2/c1-19-30(33(46)40-23-8-4-3-5-9-23)31(21-7-6-10-24(17-21)50-2)44-34(47)29(52-36(44)39-19)16-20-11-14-28(27(15-20)45(48)49)51-35-41-32(42-43-35)25-13-12-22(37)18-26(25)38/h3-18,31H,1-2H3,(H,40,46)(H,41,42,43)/b29-16+/t31-/m0/s1. The second-order valence-corrected chi connectivity index (χ2v) is 14.2. The van der Waals surface area contributed by atoms with Crippen LogP contribution in [0, 0.1) is 10.1 Å². The first-order valence-electron chi connectivity index (χ1n) is 15.5. The van der Waals surface area contributed by atoms with Crippen LogP contribution in [0.25, 0.3) is 17.5 Å². The van der Waals surface area contributed by atoms with Crippen molar-refractivity contribution in [2.75, 3.05) is 12.4 Å². The summed E-state index contributed by atoms with van der Waals surface area (Å²) in [5.41, 5.74) is 2.35. The predicted octanol–water partition coefficient (Wildman–Crippen LogP) is 7.03. The highest BCUT2D eigenvalue weighted by atomic mass is 35.5. The molecule has 6 aromatic rings. The number of methoxy groups -OCH3 is 1. The Kier molecular flexibility index (Phi) is 9.79. The van der Waals surface area contributed by atoms with E-state index in [2.05, 4.69) is 25.5 Å². The van der Waals surface area contributed by atoms with Crippen LogP contribution in [0.5, 0.6) is 5.75 Å². The number of allylic oxidation sites excluding steroid dienone is 1. The highest BCUT2D eigenvalue weighted by molar-refractivity contribution is 7.99. The van der Waals surface area contributed by atoms with Gasteiger partial charge in [-0.25, -0.2) is 9.98 Å². The molecule has 0 unspecified atom stereocenters. The van der Waals surface area contributed by atoms with Gasteiger partial charge >= 0.3 is 0 Å². The first-order valence-corrected chi connectivity index (χ1v) is 17.9. The number of nitrogens with one attached hydrogen (secondary N) is 2. The van der Waals surface area contributed by atoms with Crippen molar-refractivity contribution in [3.05, 3.63) is 153 Å². The van der Waals surface area contributed by atoms with Crippen molar-refractivity contribution >= 4 is 69.7 Å². The lowest BCUT2D eigenvalue weighted by Gasteiger charge is -2.25. The van der Waals surface area contributed by atoms with Crippen molar-refractivity contribution < 1.29 is 14.5 Å². The number of rotatable bonds is 9. The number of para-hydroxylation sites is 1. The van der Waals surface area contributed by atoms with E-state index in [0.29, 0.717) is 65.0 Å². The summed E-state index contributed by atoms with van der Waals surface area (Å²) in [6.07, 6.45) is 1.57. The number of ether oxygens (including phenoxy) is 1. The molecule has 16 heteroatoms. The summed E-state index contributed by atoms with van der Waals surface area (Å²) >= 11 is 14.4. The Balaban J connectivity index is 1.26. The monoisotopic (exact) mass is 769 g/mol. The van der Waals surface area contributed by atoms with Crippen LogP contribution in [0.1, 0.15) is 24.1 Å². The Bertz CT molecular complexity index is 2600. The van der Waals surface area contributed by atoms with E-state index in [1.807, 2.05) is 24.3 Å². The van der Waals surface area contributed by atoms with Gasteiger partial charge in [0.2, 0.25) is 5.16 Å². The minimum Gasteiger partial charge on any atom is -0.497 e. The maximum Gasteiger partial charge on any atom is 0.283 e. The van der Waals surface area contributed by atoms with Gasteiger partial charge in [-0.05, 0) is 84.4 Å². The molecular formula is C36H25Cl2N7O5S2. The first-order chi connectivity index (χ1) is 25.1. The highest BCUT2D eigenvalue weighted by Gasteiger charge is 2.33. The minimum atomic E-state index is -0.834. The van der Waals surface area contributed by atoms with Gasteiger partial charge in [0, 0.05) is 22.3 Å². The number of hydrogen-bond acceptors (Lipinski definition) is 10. The van der Waals surface area contributed by atoms with Crippen molar-refractivity contribution in [1.82, 2.24) is 19.7 Å². The van der Waals surface area contributed by atoms with Gasteiger partial charge in [0.15, 0.2) is 10.6 Å². The van der Waals surface area contributed by atoms with Crippen molar-refractivity contribution in [1.29, 1.82) is 0 Å². The van der Waals surface area contributed by atoms with Gasteiger partial charge in [-0.3, -0.25) is 29.4 Å². The number of amides is 1. The molecule has 260 valence electrons. The summed E-state index contributed by atoms with van der Waals surface area (Å²) in [5.74, 6) is 0.521. The molecule has 0 saturated carbocycles. The van der Waals surface area contributed by atoms with Gasteiger partial charge in [-0.1, -0.05) is 70.9 Å². The molecule has 52 heavy (non-hydrogen) atoms. The van der Waals surface area contributed by atoms with Gasteiger partial charge in [-0.2, -0.15) is 0 Å². The van der Waals surface area contributed by atoms with Crippen LogP contribution in [0.15, 0.2) is 122 Å². The molecule has 3 heterocycles. The van der Waals surface area contributed by atoms with Gasteiger partial charge in [0.1, 0.15) is 5.75 Å². The number of halogens is 2. The summed E-state index contributed by atoms with van der Waals surface area (Å²) < 4.78 is 7.22. The average Bonchev–Trinajstić information content (AvgIpc) is 3.71. The van der Waals surface area contributed by atoms with Crippen LogP contribution in [0.4, 0.5) is 11.4 Å². The number of hydrogen-bond donors (Lipinski definition) is 2. The Labute approximate surface area is 313 Å². The zero-order valence-corrected chi connectivity index (χ0v) is 30.3. The van der Waals surface area contributed by atoms with Crippen LogP contribution < -0.4 is 24.9 Å². The highest BCUT2D eigenvalue weighted by Crippen LogP contribution is 2.36. The molecule has 2 N–H and O–H groups in total. The molecule has 1 amide bonds. The van der Waals surface area contributed by atoms with Gasteiger partial charge in [-0.15, -0.1) is 5.10 Å².